The van der Waals surface area contributed by atoms with Crippen molar-refractivity contribution in [3.8, 4) is 0 Å². The van der Waals surface area contributed by atoms with Crippen LogP contribution in [0, 0.1) is 11.3 Å². The molecule has 0 saturated heterocycles. The topological polar surface area (TPSA) is 29.3 Å². The number of hydrogen-bond donors (Lipinski definition) is 1. The molecular formula is C12H26N2. The summed E-state index contributed by atoms with van der Waals surface area (Å²) < 4.78 is 0. The summed E-state index contributed by atoms with van der Waals surface area (Å²) in [4.78, 5) is 2.50. The fourth-order valence-corrected chi connectivity index (χ4v) is 2.61. The number of nitrogens with two attached hydrogens (primary N) is 1. The van der Waals surface area contributed by atoms with E-state index in [2.05, 4.69) is 25.7 Å². The third-order valence-electron chi connectivity index (χ3n) is 3.85. The zero-order valence-corrected chi connectivity index (χ0v) is 10.1. The van der Waals surface area contributed by atoms with Crippen LogP contribution in [0.1, 0.15) is 40.0 Å². The molecule has 0 aromatic heterocycles. The van der Waals surface area contributed by atoms with Gasteiger partial charge in [-0.15, -0.1) is 0 Å². The van der Waals surface area contributed by atoms with Crippen LogP contribution in [0.3, 0.4) is 0 Å². The Hall–Kier alpha value is -0.0800. The lowest BCUT2D eigenvalue weighted by Crippen LogP contribution is -2.36. The van der Waals surface area contributed by atoms with Crippen LogP contribution in [0.25, 0.3) is 0 Å². The van der Waals surface area contributed by atoms with Gasteiger partial charge in [0, 0.05) is 19.6 Å². The van der Waals surface area contributed by atoms with Crippen LogP contribution in [0.2, 0.25) is 0 Å². The average molecular weight is 198 g/mol. The van der Waals surface area contributed by atoms with E-state index in [1.165, 1.54) is 25.8 Å². The van der Waals surface area contributed by atoms with E-state index >= 15 is 0 Å². The summed E-state index contributed by atoms with van der Waals surface area (Å²) >= 11 is 0. The Morgan fingerprint density at radius 1 is 1.43 bits per heavy atom. The Balaban J connectivity index is 2.41. The highest BCUT2D eigenvalue weighted by Gasteiger charge is 2.34. The molecule has 1 atom stereocenters. The Kier molecular flexibility index (Phi) is 4.39. The summed E-state index contributed by atoms with van der Waals surface area (Å²) in [5.41, 5.74) is 6.16. The molecule has 1 saturated carbocycles. The maximum absolute atomic E-state index is 5.61. The van der Waals surface area contributed by atoms with Crippen molar-refractivity contribution in [1.29, 1.82) is 0 Å². The van der Waals surface area contributed by atoms with Crippen LogP contribution in [-0.4, -0.2) is 31.1 Å². The summed E-state index contributed by atoms with van der Waals surface area (Å²) in [6.07, 6.45) is 4.23. The first-order valence-electron chi connectivity index (χ1n) is 6.02. The second-order valence-corrected chi connectivity index (χ2v) is 5.26. The van der Waals surface area contributed by atoms with Crippen molar-refractivity contribution in [2.24, 2.45) is 17.1 Å². The zero-order chi connectivity index (χ0) is 10.6. The van der Waals surface area contributed by atoms with Gasteiger partial charge in [0.25, 0.3) is 0 Å². The van der Waals surface area contributed by atoms with Gasteiger partial charge in [0.05, 0.1) is 0 Å². The lowest BCUT2D eigenvalue weighted by molar-refractivity contribution is 0.169. The van der Waals surface area contributed by atoms with Crippen LogP contribution < -0.4 is 5.73 Å². The second kappa shape index (κ2) is 5.13. The fourth-order valence-electron chi connectivity index (χ4n) is 2.61. The standard InChI is InChI=1S/C12H26N2/c1-4-14(9-8-13)10-11-6-5-7-12(11,2)3/h11H,4-10,13H2,1-3H3. The van der Waals surface area contributed by atoms with E-state index in [-0.39, 0.29) is 0 Å². The van der Waals surface area contributed by atoms with E-state index < -0.39 is 0 Å². The third kappa shape index (κ3) is 2.96. The molecule has 14 heavy (non-hydrogen) atoms. The van der Waals surface area contributed by atoms with E-state index in [0.717, 1.165) is 25.6 Å². The molecule has 0 bridgehead atoms. The molecule has 0 spiro atoms. The molecule has 0 aromatic carbocycles. The van der Waals surface area contributed by atoms with Crippen molar-refractivity contribution >= 4 is 0 Å². The molecule has 1 rings (SSSR count). The highest BCUT2D eigenvalue weighted by atomic mass is 15.1. The first-order chi connectivity index (χ1) is 6.60. The van der Waals surface area contributed by atoms with E-state index in [1.54, 1.807) is 0 Å². The highest BCUT2D eigenvalue weighted by Crippen LogP contribution is 2.42. The van der Waals surface area contributed by atoms with Crippen molar-refractivity contribution in [2.75, 3.05) is 26.2 Å². The van der Waals surface area contributed by atoms with Gasteiger partial charge in [0.2, 0.25) is 0 Å². The first kappa shape index (κ1) is 12.0. The molecule has 1 fully saturated rings. The van der Waals surface area contributed by atoms with Gasteiger partial charge in [0.1, 0.15) is 0 Å². The van der Waals surface area contributed by atoms with E-state index in [4.69, 9.17) is 5.73 Å². The second-order valence-electron chi connectivity index (χ2n) is 5.26. The Morgan fingerprint density at radius 2 is 2.14 bits per heavy atom. The minimum absolute atomic E-state index is 0.558. The molecule has 0 radical (unpaired) electrons. The molecule has 1 unspecified atom stereocenters. The largest absolute Gasteiger partial charge is 0.329 e. The Bertz CT molecular complexity index is 166. The molecule has 2 heteroatoms. The average Bonchev–Trinajstić information content (AvgIpc) is 2.45. The molecule has 0 heterocycles. The summed E-state index contributed by atoms with van der Waals surface area (Å²) in [5, 5.41) is 0. The Labute approximate surface area is 88.8 Å². The summed E-state index contributed by atoms with van der Waals surface area (Å²) in [5.74, 6) is 0.883. The van der Waals surface area contributed by atoms with Crippen molar-refractivity contribution in [3.05, 3.63) is 0 Å². The van der Waals surface area contributed by atoms with Crippen LogP contribution in [0.5, 0.6) is 0 Å². The summed E-state index contributed by atoms with van der Waals surface area (Å²) in [6, 6.07) is 0. The van der Waals surface area contributed by atoms with Crippen LogP contribution >= 0.6 is 0 Å². The number of hydrogen-bond acceptors (Lipinski definition) is 2. The molecular weight excluding hydrogens is 172 g/mol. The van der Waals surface area contributed by atoms with Gasteiger partial charge in [-0.05, 0) is 30.7 Å². The van der Waals surface area contributed by atoms with E-state index in [9.17, 15) is 0 Å². The minimum atomic E-state index is 0.558. The van der Waals surface area contributed by atoms with Crippen molar-refractivity contribution < 1.29 is 0 Å². The predicted molar refractivity (Wildman–Crippen MR) is 62.3 cm³/mol. The zero-order valence-electron chi connectivity index (χ0n) is 10.1. The van der Waals surface area contributed by atoms with E-state index in [1.807, 2.05) is 0 Å². The van der Waals surface area contributed by atoms with Crippen LogP contribution in [0.15, 0.2) is 0 Å². The molecule has 0 aliphatic heterocycles. The lowest BCUT2D eigenvalue weighted by Gasteiger charge is -2.32. The number of likely N-dealkylation sites (N-methyl/N-ethyl adjacent to an activating group) is 1. The van der Waals surface area contributed by atoms with Gasteiger partial charge in [-0.25, -0.2) is 0 Å². The molecule has 2 N–H and O–H groups in total. The molecule has 2 nitrogen and oxygen atoms in total. The summed E-state index contributed by atoms with van der Waals surface area (Å²) in [6.45, 7) is 11.3. The van der Waals surface area contributed by atoms with Gasteiger partial charge >= 0.3 is 0 Å². The van der Waals surface area contributed by atoms with E-state index in [0.29, 0.717) is 5.41 Å². The molecule has 84 valence electrons. The maximum Gasteiger partial charge on any atom is 0.0105 e. The molecule has 0 amide bonds. The van der Waals surface area contributed by atoms with Crippen molar-refractivity contribution in [1.82, 2.24) is 4.90 Å². The Morgan fingerprint density at radius 3 is 2.57 bits per heavy atom. The molecule has 1 aliphatic rings. The first-order valence-corrected chi connectivity index (χ1v) is 6.02. The van der Waals surface area contributed by atoms with Crippen molar-refractivity contribution in [3.63, 3.8) is 0 Å². The van der Waals surface area contributed by atoms with Gasteiger partial charge in [-0.2, -0.15) is 0 Å². The minimum Gasteiger partial charge on any atom is -0.329 e. The third-order valence-corrected chi connectivity index (χ3v) is 3.85. The summed E-state index contributed by atoms with van der Waals surface area (Å²) in [7, 11) is 0. The maximum atomic E-state index is 5.61. The predicted octanol–water partition coefficient (Wildman–Crippen LogP) is 2.09. The molecule has 0 aromatic rings. The highest BCUT2D eigenvalue weighted by molar-refractivity contribution is 4.86. The lowest BCUT2D eigenvalue weighted by atomic mass is 9.81. The molecule has 1 aliphatic carbocycles. The van der Waals surface area contributed by atoms with Crippen LogP contribution in [-0.2, 0) is 0 Å². The smallest absolute Gasteiger partial charge is 0.0105 e. The normalized spacial score (nSPS) is 25.9. The van der Waals surface area contributed by atoms with Crippen molar-refractivity contribution in [2.45, 2.75) is 40.0 Å². The van der Waals surface area contributed by atoms with Gasteiger partial charge in [-0.1, -0.05) is 27.2 Å². The number of nitrogens with zero attached hydrogens (tertiary/aromatic N) is 1. The van der Waals surface area contributed by atoms with Gasteiger partial charge in [-0.3, -0.25) is 0 Å². The van der Waals surface area contributed by atoms with Crippen LogP contribution in [0.4, 0.5) is 0 Å². The SMILES string of the molecule is CCN(CCN)CC1CCCC1(C)C. The fraction of sp³-hybridized carbons (Fsp3) is 1.00. The monoisotopic (exact) mass is 198 g/mol. The van der Waals surface area contributed by atoms with Gasteiger partial charge in [0.15, 0.2) is 0 Å². The quantitative estimate of drug-likeness (QED) is 0.733. The number of rotatable bonds is 5. The van der Waals surface area contributed by atoms with Gasteiger partial charge < -0.3 is 10.6 Å².